The highest BCUT2D eigenvalue weighted by molar-refractivity contribution is 5.36. The number of aryl methyl sites for hydroxylation is 1. The second-order valence-corrected chi connectivity index (χ2v) is 4.97. The third-order valence-electron chi connectivity index (χ3n) is 3.13. The lowest BCUT2D eigenvalue weighted by Crippen LogP contribution is -2.14. The summed E-state index contributed by atoms with van der Waals surface area (Å²) in [5.74, 6) is 1.71. The Hall–Kier alpha value is -1.06. The number of hydrogen-bond donors (Lipinski definition) is 1. The second-order valence-electron chi connectivity index (χ2n) is 4.97. The van der Waals surface area contributed by atoms with E-state index in [0.717, 1.165) is 31.4 Å². The van der Waals surface area contributed by atoms with Crippen LogP contribution in [0.25, 0.3) is 0 Å². The SMILES string of the molecule is CCNCc1cc(C)ccc1OCOCC1CC1. The van der Waals surface area contributed by atoms with Crippen LogP contribution in [0.15, 0.2) is 18.2 Å². The van der Waals surface area contributed by atoms with Gasteiger partial charge in [-0.05, 0) is 38.3 Å². The van der Waals surface area contributed by atoms with Gasteiger partial charge in [-0.1, -0.05) is 24.6 Å². The van der Waals surface area contributed by atoms with Gasteiger partial charge in [0.15, 0.2) is 6.79 Å². The van der Waals surface area contributed by atoms with E-state index in [4.69, 9.17) is 9.47 Å². The summed E-state index contributed by atoms with van der Waals surface area (Å²) < 4.78 is 11.2. The molecule has 1 aliphatic rings. The summed E-state index contributed by atoms with van der Waals surface area (Å²) in [6.45, 7) is 7.21. The van der Waals surface area contributed by atoms with Crippen molar-refractivity contribution in [3.8, 4) is 5.75 Å². The molecule has 1 N–H and O–H groups in total. The zero-order valence-corrected chi connectivity index (χ0v) is 11.4. The van der Waals surface area contributed by atoms with Crippen molar-refractivity contribution < 1.29 is 9.47 Å². The normalized spacial score (nSPS) is 14.8. The molecule has 2 rings (SSSR count). The van der Waals surface area contributed by atoms with E-state index in [1.807, 2.05) is 6.07 Å². The van der Waals surface area contributed by atoms with Crippen LogP contribution in [-0.2, 0) is 11.3 Å². The largest absolute Gasteiger partial charge is 0.467 e. The Kier molecular flexibility index (Phi) is 5.02. The van der Waals surface area contributed by atoms with E-state index < -0.39 is 0 Å². The summed E-state index contributed by atoms with van der Waals surface area (Å²) in [6.07, 6.45) is 2.63. The quantitative estimate of drug-likeness (QED) is 0.567. The van der Waals surface area contributed by atoms with Crippen molar-refractivity contribution >= 4 is 0 Å². The molecule has 0 spiro atoms. The van der Waals surface area contributed by atoms with Crippen LogP contribution in [0.3, 0.4) is 0 Å². The van der Waals surface area contributed by atoms with Gasteiger partial charge in [0.2, 0.25) is 0 Å². The topological polar surface area (TPSA) is 30.5 Å². The Labute approximate surface area is 109 Å². The van der Waals surface area contributed by atoms with Crippen LogP contribution in [0.4, 0.5) is 0 Å². The zero-order valence-electron chi connectivity index (χ0n) is 11.4. The molecule has 0 bridgehead atoms. The van der Waals surface area contributed by atoms with Crippen molar-refractivity contribution in [2.45, 2.75) is 33.2 Å². The molecule has 3 heteroatoms. The first-order valence-corrected chi connectivity index (χ1v) is 6.80. The van der Waals surface area contributed by atoms with Crippen LogP contribution in [-0.4, -0.2) is 19.9 Å². The molecule has 0 amide bonds. The number of benzene rings is 1. The first-order valence-electron chi connectivity index (χ1n) is 6.80. The van der Waals surface area contributed by atoms with E-state index in [1.165, 1.54) is 24.0 Å². The summed E-state index contributed by atoms with van der Waals surface area (Å²) in [5.41, 5.74) is 2.46. The first kappa shape index (κ1) is 13.4. The Bertz CT molecular complexity index is 375. The van der Waals surface area contributed by atoms with Gasteiger partial charge in [0.25, 0.3) is 0 Å². The van der Waals surface area contributed by atoms with E-state index in [-0.39, 0.29) is 0 Å². The van der Waals surface area contributed by atoms with Gasteiger partial charge >= 0.3 is 0 Å². The second kappa shape index (κ2) is 6.76. The maximum absolute atomic E-state index is 5.71. The minimum atomic E-state index is 0.360. The summed E-state index contributed by atoms with van der Waals surface area (Å²) >= 11 is 0. The van der Waals surface area contributed by atoms with Gasteiger partial charge in [0.05, 0.1) is 6.61 Å². The van der Waals surface area contributed by atoms with Crippen LogP contribution in [0, 0.1) is 12.8 Å². The number of ether oxygens (including phenoxy) is 2. The van der Waals surface area contributed by atoms with Crippen molar-refractivity contribution in [1.29, 1.82) is 0 Å². The van der Waals surface area contributed by atoms with E-state index in [0.29, 0.717) is 6.79 Å². The molecule has 0 heterocycles. The van der Waals surface area contributed by atoms with E-state index in [1.54, 1.807) is 0 Å². The van der Waals surface area contributed by atoms with Gasteiger partial charge in [-0.2, -0.15) is 0 Å². The predicted octanol–water partition coefficient (Wildman–Crippen LogP) is 2.87. The molecular formula is C15H23NO2. The smallest absolute Gasteiger partial charge is 0.189 e. The minimum absolute atomic E-state index is 0.360. The number of nitrogens with one attached hydrogen (secondary N) is 1. The van der Waals surface area contributed by atoms with Crippen molar-refractivity contribution in [3.63, 3.8) is 0 Å². The van der Waals surface area contributed by atoms with Crippen molar-refractivity contribution in [3.05, 3.63) is 29.3 Å². The van der Waals surface area contributed by atoms with Crippen molar-refractivity contribution in [2.75, 3.05) is 19.9 Å². The third-order valence-corrected chi connectivity index (χ3v) is 3.13. The summed E-state index contributed by atoms with van der Waals surface area (Å²) in [4.78, 5) is 0. The zero-order chi connectivity index (χ0) is 12.8. The Morgan fingerprint density at radius 3 is 2.89 bits per heavy atom. The number of rotatable bonds is 8. The van der Waals surface area contributed by atoms with E-state index in [9.17, 15) is 0 Å². The molecule has 100 valence electrons. The molecule has 0 radical (unpaired) electrons. The van der Waals surface area contributed by atoms with E-state index >= 15 is 0 Å². The number of hydrogen-bond acceptors (Lipinski definition) is 3. The van der Waals surface area contributed by atoms with Gasteiger partial charge in [0, 0.05) is 12.1 Å². The molecule has 3 nitrogen and oxygen atoms in total. The molecule has 1 saturated carbocycles. The molecule has 0 atom stereocenters. The van der Waals surface area contributed by atoms with Gasteiger partial charge in [0.1, 0.15) is 5.75 Å². The lowest BCUT2D eigenvalue weighted by atomic mass is 10.1. The molecule has 1 aliphatic carbocycles. The Morgan fingerprint density at radius 2 is 2.17 bits per heavy atom. The third kappa shape index (κ3) is 4.31. The summed E-state index contributed by atoms with van der Waals surface area (Å²) in [7, 11) is 0. The summed E-state index contributed by atoms with van der Waals surface area (Å²) in [6, 6.07) is 6.27. The Morgan fingerprint density at radius 1 is 1.33 bits per heavy atom. The molecule has 1 fully saturated rings. The van der Waals surface area contributed by atoms with Gasteiger partial charge in [-0.15, -0.1) is 0 Å². The Balaban J connectivity index is 1.83. The fraction of sp³-hybridized carbons (Fsp3) is 0.600. The fourth-order valence-electron chi connectivity index (χ4n) is 1.85. The van der Waals surface area contributed by atoms with Gasteiger partial charge < -0.3 is 14.8 Å². The minimum Gasteiger partial charge on any atom is -0.467 e. The lowest BCUT2D eigenvalue weighted by Gasteiger charge is -2.12. The lowest BCUT2D eigenvalue weighted by molar-refractivity contribution is 0.00941. The molecule has 0 saturated heterocycles. The molecule has 18 heavy (non-hydrogen) atoms. The molecule has 0 unspecified atom stereocenters. The molecular weight excluding hydrogens is 226 g/mol. The van der Waals surface area contributed by atoms with Crippen LogP contribution in [0.1, 0.15) is 30.9 Å². The fourth-order valence-corrected chi connectivity index (χ4v) is 1.85. The molecule has 1 aromatic rings. The average molecular weight is 249 g/mol. The van der Waals surface area contributed by atoms with Gasteiger partial charge in [-0.3, -0.25) is 0 Å². The van der Waals surface area contributed by atoms with Crippen molar-refractivity contribution in [2.24, 2.45) is 5.92 Å². The molecule has 0 aliphatic heterocycles. The standard InChI is InChI=1S/C15H23NO2/c1-3-16-9-14-8-12(2)4-7-15(14)18-11-17-10-13-5-6-13/h4,7-8,13,16H,3,5-6,9-11H2,1-2H3. The predicted molar refractivity (Wildman–Crippen MR) is 72.7 cm³/mol. The maximum Gasteiger partial charge on any atom is 0.189 e. The first-order chi connectivity index (χ1) is 8.79. The highest BCUT2D eigenvalue weighted by Gasteiger charge is 2.21. The van der Waals surface area contributed by atoms with Gasteiger partial charge in [-0.25, -0.2) is 0 Å². The van der Waals surface area contributed by atoms with Crippen LogP contribution in [0.2, 0.25) is 0 Å². The van der Waals surface area contributed by atoms with E-state index in [2.05, 4.69) is 31.3 Å². The van der Waals surface area contributed by atoms with Crippen LogP contribution < -0.4 is 10.1 Å². The molecule has 0 aromatic heterocycles. The average Bonchev–Trinajstić information content (AvgIpc) is 3.18. The van der Waals surface area contributed by atoms with Crippen LogP contribution in [0.5, 0.6) is 5.75 Å². The monoisotopic (exact) mass is 249 g/mol. The maximum atomic E-state index is 5.71. The van der Waals surface area contributed by atoms with Crippen LogP contribution >= 0.6 is 0 Å². The summed E-state index contributed by atoms with van der Waals surface area (Å²) in [5, 5.41) is 3.33. The van der Waals surface area contributed by atoms with Crippen molar-refractivity contribution in [1.82, 2.24) is 5.32 Å². The molecule has 1 aromatic carbocycles. The highest BCUT2D eigenvalue weighted by Crippen LogP contribution is 2.28. The highest BCUT2D eigenvalue weighted by atomic mass is 16.7.